The van der Waals surface area contributed by atoms with Gasteiger partial charge in [-0.15, -0.1) is 0 Å². The lowest BCUT2D eigenvalue weighted by atomic mass is 10.1. The predicted octanol–water partition coefficient (Wildman–Crippen LogP) is 3.66. The van der Waals surface area contributed by atoms with Crippen LogP contribution in [0.4, 0.5) is 4.39 Å². The highest BCUT2D eigenvalue weighted by atomic mass is 19.1. The molecular weight excluding hydrogens is 321 g/mol. The molecule has 1 atom stereocenters. The third kappa shape index (κ3) is 4.37. The summed E-state index contributed by atoms with van der Waals surface area (Å²) >= 11 is 0. The second kappa shape index (κ2) is 8.12. The maximum Gasteiger partial charge on any atom is 0.256 e. The van der Waals surface area contributed by atoms with Crippen molar-refractivity contribution in [1.82, 2.24) is 4.90 Å². The zero-order valence-electron chi connectivity index (χ0n) is 14.3. The molecule has 5 heteroatoms. The van der Waals surface area contributed by atoms with E-state index in [2.05, 4.69) is 0 Å². The standard InChI is InChI=1S/C20H22FNO3/c1-24-16-7-4-6-15(12-16)14-25-17-8-5-11-22(13-17)20(23)18-9-2-3-10-19(18)21/h2-4,6-7,9-10,12,17H,5,8,11,13-14H2,1H3. The molecule has 2 aromatic carbocycles. The molecule has 0 aromatic heterocycles. The first kappa shape index (κ1) is 17.4. The van der Waals surface area contributed by atoms with Crippen LogP contribution in [0.3, 0.4) is 0 Å². The summed E-state index contributed by atoms with van der Waals surface area (Å²) in [4.78, 5) is 14.2. The molecule has 1 unspecified atom stereocenters. The number of likely N-dealkylation sites (tertiary alicyclic amines) is 1. The Labute approximate surface area is 147 Å². The molecule has 0 N–H and O–H groups in total. The maximum atomic E-state index is 13.8. The van der Waals surface area contributed by atoms with Crippen molar-refractivity contribution in [2.75, 3.05) is 20.2 Å². The lowest BCUT2D eigenvalue weighted by Crippen LogP contribution is -2.43. The van der Waals surface area contributed by atoms with E-state index >= 15 is 0 Å². The number of piperidine rings is 1. The van der Waals surface area contributed by atoms with Crippen molar-refractivity contribution in [3.05, 3.63) is 65.5 Å². The van der Waals surface area contributed by atoms with Gasteiger partial charge in [-0.2, -0.15) is 0 Å². The Morgan fingerprint density at radius 1 is 1.24 bits per heavy atom. The van der Waals surface area contributed by atoms with Gasteiger partial charge in [0.15, 0.2) is 0 Å². The number of rotatable bonds is 5. The van der Waals surface area contributed by atoms with Crippen molar-refractivity contribution in [3.8, 4) is 5.75 Å². The van der Waals surface area contributed by atoms with Gasteiger partial charge in [-0.1, -0.05) is 24.3 Å². The van der Waals surface area contributed by atoms with Crippen molar-refractivity contribution >= 4 is 5.91 Å². The van der Waals surface area contributed by atoms with Gasteiger partial charge < -0.3 is 14.4 Å². The molecule has 4 nitrogen and oxygen atoms in total. The van der Waals surface area contributed by atoms with Gasteiger partial charge in [-0.05, 0) is 42.7 Å². The smallest absolute Gasteiger partial charge is 0.256 e. The minimum absolute atomic E-state index is 0.0457. The lowest BCUT2D eigenvalue weighted by Gasteiger charge is -2.32. The highest BCUT2D eigenvalue weighted by Crippen LogP contribution is 2.20. The summed E-state index contributed by atoms with van der Waals surface area (Å²) in [6.07, 6.45) is 1.70. The van der Waals surface area contributed by atoms with Gasteiger partial charge in [0.25, 0.3) is 5.91 Å². The molecule has 0 saturated carbocycles. The molecule has 1 aliphatic heterocycles. The van der Waals surface area contributed by atoms with Crippen LogP contribution in [-0.2, 0) is 11.3 Å². The molecule has 1 amide bonds. The third-order valence-corrected chi connectivity index (χ3v) is 4.39. The number of carbonyl (C=O) groups excluding carboxylic acids is 1. The Morgan fingerprint density at radius 2 is 2.08 bits per heavy atom. The van der Waals surface area contributed by atoms with E-state index < -0.39 is 5.82 Å². The van der Waals surface area contributed by atoms with Crippen LogP contribution < -0.4 is 4.74 Å². The molecule has 1 aliphatic rings. The number of carbonyl (C=O) groups is 1. The summed E-state index contributed by atoms with van der Waals surface area (Å²) in [5, 5.41) is 0. The molecule has 2 aromatic rings. The molecule has 1 saturated heterocycles. The van der Waals surface area contributed by atoms with E-state index in [9.17, 15) is 9.18 Å². The lowest BCUT2D eigenvalue weighted by molar-refractivity contribution is -0.00689. The highest BCUT2D eigenvalue weighted by Gasteiger charge is 2.26. The SMILES string of the molecule is COc1cccc(COC2CCCN(C(=O)c3ccccc3F)C2)c1. The highest BCUT2D eigenvalue weighted by molar-refractivity contribution is 5.94. The van der Waals surface area contributed by atoms with E-state index in [1.54, 1.807) is 24.1 Å². The predicted molar refractivity (Wildman–Crippen MR) is 93.1 cm³/mol. The number of ether oxygens (including phenoxy) is 2. The number of hydrogen-bond acceptors (Lipinski definition) is 3. The van der Waals surface area contributed by atoms with E-state index in [1.165, 1.54) is 12.1 Å². The van der Waals surface area contributed by atoms with Gasteiger partial charge in [0, 0.05) is 13.1 Å². The molecule has 0 radical (unpaired) electrons. The molecule has 0 spiro atoms. The zero-order valence-corrected chi connectivity index (χ0v) is 14.3. The van der Waals surface area contributed by atoms with Gasteiger partial charge in [0.1, 0.15) is 11.6 Å². The van der Waals surface area contributed by atoms with Crippen LogP contribution in [0.5, 0.6) is 5.75 Å². The molecule has 0 aliphatic carbocycles. The molecule has 1 heterocycles. The van der Waals surface area contributed by atoms with Crippen LogP contribution in [0.25, 0.3) is 0 Å². The molecule has 0 bridgehead atoms. The van der Waals surface area contributed by atoms with Crippen molar-refractivity contribution in [2.24, 2.45) is 0 Å². The fourth-order valence-electron chi connectivity index (χ4n) is 3.04. The Bertz CT molecular complexity index is 734. The average molecular weight is 343 g/mol. The van der Waals surface area contributed by atoms with E-state index in [0.717, 1.165) is 24.2 Å². The van der Waals surface area contributed by atoms with Crippen molar-refractivity contribution in [3.63, 3.8) is 0 Å². The fraction of sp³-hybridized carbons (Fsp3) is 0.350. The van der Waals surface area contributed by atoms with Crippen LogP contribution in [0, 0.1) is 5.82 Å². The Morgan fingerprint density at radius 3 is 2.88 bits per heavy atom. The molecule has 3 rings (SSSR count). The van der Waals surface area contributed by atoms with Crippen LogP contribution >= 0.6 is 0 Å². The summed E-state index contributed by atoms with van der Waals surface area (Å²) in [5.41, 5.74) is 1.15. The van der Waals surface area contributed by atoms with Crippen molar-refractivity contribution in [1.29, 1.82) is 0 Å². The Kier molecular flexibility index (Phi) is 5.66. The third-order valence-electron chi connectivity index (χ3n) is 4.39. The minimum atomic E-state index is -0.480. The quantitative estimate of drug-likeness (QED) is 0.832. The van der Waals surface area contributed by atoms with E-state index in [0.29, 0.717) is 19.7 Å². The van der Waals surface area contributed by atoms with E-state index in [1.807, 2.05) is 24.3 Å². The first-order chi connectivity index (χ1) is 12.2. The summed E-state index contributed by atoms with van der Waals surface area (Å²) < 4.78 is 25.0. The van der Waals surface area contributed by atoms with Crippen molar-refractivity contribution in [2.45, 2.75) is 25.6 Å². The van der Waals surface area contributed by atoms with Gasteiger partial charge in [-0.25, -0.2) is 4.39 Å². The Balaban J connectivity index is 1.59. The van der Waals surface area contributed by atoms with Crippen LogP contribution in [0.1, 0.15) is 28.8 Å². The van der Waals surface area contributed by atoms with E-state index in [-0.39, 0.29) is 17.6 Å². The number of methoxy groups -OCH3 is 1. The fourth-order valence-corrected chi connectivity index (χ4v) is 3.04. The minimum Gasteiger partial charge on any atom is -0.497 e. The molecule has 1 fully saturated rings. The normalized spacial score (nSPS) is 17.4. The summed E-state index contributed by atoms with van der Waals surface area (Å²) in [6, 6.07) is 13.8. The second-order valence-corrected chi connectivity index (χ2v) is 6.16. The number of benzene rings is 2. The number of halogens is 1. The van der Waals surface area contributed by atoms with Crippen LogP contribution in [0.2, 0.25) is 0 Å². The monoisotopic (exact) mass is 343 g/mol. The molecular formula is C20H22FNO3. The van der Waals surface area contributed by atoms with Gasteiger partial charge in [-0.3, -0.25) is 4.79 Å². The summed E-state index contributed by atoms with van der Waals surface area (Å²) in [5.74, 6) is 0.0424. The van der Waals surface area contributed by atoms with Gasteiger partial charge >= 0.3 is 0 Å². The topological polar surface area (TPSA) is 38.8 Å². The molecule has 25 heavy (non-hydrogen) atoms. The van der Waals surface area contributed by atoms with Gasteiger partial charge in [0.05, 0.1) is 25.4 Å². The summed E-state index contributed by atoms with van der Waals surface area (Å²) in [7, 11) is 1.63. The number of hydrogen-bond donors (Lipinski definition) is 0. The maximum absolute atomic E-state index is 13.8. The number of amides is 1. The second-order valence-electron chi connectivity index (χ2n) is 6.16. The van der Waals surface area contributed by atoms with Crippen molar-refractivity contribution < 1.29 is 18.7 Å². The van der Waals surface area contributed by atoms with Crippen LogP contribution in [0.15, 0.2) is 48.5 Å². The van der Waals surface area contributed by atoms with Gasteiger partial charge in [0.2, 0.25) is 0 Å². The first-order valence-electron chi connectivity index (χ1n) is 8.45. The zero-order chi connectivity index (χ0) is 17.6. The first-order valence-corrected chi connectivity index (χ1v) is 8.45. The Hall–Kier alpha value is -2.40. The van der Waals surface area contributed by atoms with E-state index in [4.69, 9.17) is 9.47 Å². The van der Waals surface area contributed by atoms with Crippen LogP contribution in [-0.4, -0.2) is 37.1 Å². The average Bonchev–Trinajstić information content (AvgIpc) is 2.66. The number of nitrogens with zero attached hydrogens (tertiary/aromatic N) is 1. The molecule has 132 valence electrons. The largest absolute Gasteiger partial charge is 0.497 e. The summed E-state index contributed by atoms with van der Waals surface area (Å²) in [6.45, 7) is 1.58.